The molecule has 0 aliphatic heterocycles. The molecule has 106 valence electrons. The number of hydrogen-bond donors (Lipinski definition) is 1. The second kappa shape index (κ2) is 5.94. The molecule has 6 heteroatoms. The van der Waals surface area contributed by atoms with Crippen LogP contribution in [-0.2, 0) is 0 Å². The lowest BCUT2D eigenvalue weighted by molar-refractivity contribution is 0.566. The zero-order valence-electron chi connectivity index (χ0n) is 10.8. The van der Waals surface area contributed by atoms with Crippen LogP contribution in [0, 0.1) is 18.6 Å². The first kappa shape index (κ1) is 15.0. The van der Waals surface area contributed by atoms with Crippen molar-refractivity contribution in [2.45, 2.75) is 19.9 Å². The number of hydrogen-bond acceptors (Lipinski definition) is 2. The highest BCUT2D eigenvalue weighted by atomic mass is 35.5. The van der Waals surface area contributed by atoms with Crippen molar-refractivity contribution in [2.75, 3.05) is 5.32 Å². The zero-order valence-corrected chi connectivity index (χ0v) is 12.4. The summed E-state index contributed by atoms with van der Waals surface area (Å²) >= 11 is 11.8. The maximum atomic E-state index is 13.7. The normalized spacial score (nSPS) is 12.3. The van der Waals surface area contributed by atoms with E-state index in [-0.39, 0.29) is 5.15 Å². The molecule has 1 N–H and O–H groups in total. The Labute approximate surface area is 125 Å². The van der Waals surface area contributed by atoms with Gasteiger partial charge in [-0.3, -0.25) is 0 Å². The molecular formula is C14H12Cl2F2N2. The molecule has 1 aromatic heterocycles. The van der Waals surface area contributed by atoms with E-state index < -0.39 is 17.7 Å². The monoisotopic (exact) mass is 316 g/mol. The molecule has 1 aromatic carbocycles. The third kappa shape index (κ3) is 3.19. The number of aryl methyl sites for hydroxylation is 1. The molecule has 0 aliphatic carbocycles. The summed E-state index contributed by atoms with van der Waals surface area (Å²) in [6.45, 7) is 3.57. The molecule has 0 bridgehead atoms. The van der Waals surface area contributed by atoms with Crippen LogP contribution in [0.2, 0.25) is 10.3 Å². The van der Waals surface area contributed by atoms with Gasteiger partial charge in [-0.2, -0.15) is 0 Å². The highest BCUT2D eigenvalue weighted by Gasteiger charge is 2.15. The fourth-order valence-corrected chi connectivity index (χ4v) is 2.50. The lowest BCUT2D eigenvalue weighted by atomic mass is 10.1. The molecule has 0 fully saturated rings. The fraction of sp³-hybridized carbons (Fsp3) is 0.214. The van der Waals surface area contributed by atoms with Crippen LogP contribution in [-0.4, -0.2) is 4.98 Å². The van der Waals surface area contributed by atoms with E-state index in [0.717, 1.165) is 11.6 Å². The second-order valence-electron chi connectivity index (χ2n) is 4.46. The van der Waals surface area contributed by atoms with Crippen LogP contribution in [0.1, 0.15) is 24.1 Å². The van der Waals surface area contributed by atoms with Gasteiger partial charge in [0.2, 0.25) is 0 Å². The van der Waals surface area contributed by atoms with Gasteiger partial charge in [-0.05, 0) is 31.5 Å². The average molecular weight is 317 g/mol. The van der Waals surface area contributed by atoms with Crippen LogP contribution in [0.4, 0.5) is 14.5 Å². The van der Waals surface area contributed by atoms with E-state index in [0.29, 0.717) is 16.4 Å². The third-order valence-corrected chi connectivity index (χ3v) is 3.40. The molecule has 0 saturated carbocycles. The highest BCUT2D eigenvalue weighted by molar-refractivity contribution is 6.34. The molecular weight excluding hydrogens is 305 g/mol. The van der Waals surface area contributed by atoms with Crippen molar-refractivity contribution < 1.29 is 8.78 Å². The van der Waals surface area contributed by atoms with E-state index in [1.807, 2.05) is 6.92 Å². The molecule has 2 aromatic rings. The third-order valence-electron chi connectivity index (χ3n) is 2.93. The number of halogens is 4. The van der Waals surface area contributed by atoms with Crippen molar-refractivity contribution in [3.63, 3.8) is 0 Å². The minimum Gasteiger partial charge on any atom is -0.376 e. The summed E-state index contributed by atoms with van der Waals surface area (Å²) < 4.78 is 26.6. The maximum Gasteiger partial charge on any atom is 0.154 e. The van der Waals surface area contributed by atoms with Crippen LogP contribution in [0.15, 0.2) is 24.3 Å². The standard InChI is InChI=1S/C14H12Cl2F2N2/c1-7-5-12(15)20-14(16)13(7)19-8(2)10-4-3-9(17)6-11(10)18/h3-6,8,19H,1-2H3. The van der Waals surface area contributed by atoms with Crippen molar-refractivity contribution in [3.8, 4) is 0 Å². The Morgan fingerprint density at radius 1 is 1.20 bits per heavy atom. The molecule has 0 spiro atoms. The van der Waals surface area contributed by atoms with Gasteiger partial charge in [0.15, 0.2) is 5.15 Å². The summed E-state index contributed by atoms with van der Waals surface area (Å²) in [5.74, 6) is -1.22. The van der Waals surface area contributed by atoms with Crippen molar-refractivity contribution in [2.24, 2.45) is 0 Å². The van der Waals surface area contributed by atoms with Gasteiger partial charge in [0.05, 0.1) is 11.7 Å². The lowest BCUT2D eigenvalue weighted by Crippen LogP contribution is -2.10. The van der Waals surface area contributed by atoms with Gasteiger partial charge in [0, 0.05) is 11.6 Å². The van der Waals surface area contributed by atoms with Crippen LogP contribution in [0.5, 0.6) is 0 Å². The number of aromatic nitrogens is 1. The predicted octanol–water partition coefficient (Wildman–Crippen LogP) is 5.15. The van der Waals surface area contributed by atoms with E-state index in [4.69, 9.17) is 23.2 Å². The number of anilines is 1. The summed E-state index contributed by atoms with van der Waals surface area (Å²) in [5.41, 5.74) is 1.72. The molecule has 0 radical (unpaired) electrons. The Balaban J connectivity index is 2.30. The molecule has 2 rings (SSSR count). The summed E-state index contributed by atoms with van der Waals surface area (Å²) in [4.78, 5) is 3.93. The van der Waals surface area contributed by atoms with Gasteiger partial charge in [0.25, 0.3) is 0 Å². The summed E-state index contributed by atoms with van der Waals surface area (Å²) in [7, 11) is 0. The Hall–Kier alpha value is -1.39. The van der Waals surface area contributed by atoms with Crippen LogP contribution >= 0.6 is 23.2 Å². The van der Waals surface area contributed by atoms with Crippen molar-refractivity contribution in [3.05, 3.63) is 57.3 Å². The van der Waals surface area contributed by atoms with Crippen molar-refractivity contribution in [1.29, 1.82) is 0 Å². The van der Waals surface area contributed by atoms with Crippen LogP contribution in [0.3, 0.4) is 0 Å². The summed E-state index contributed by atoms with van der Waals surface area (Å²) in [5, 5.41) is 3.57. The van der Waals surface area contributed by atoms with Gasteiger partial charge in [0.1, 0.15) is 16.8 Å². The van der Waals surface area contributed by atoms with Crippen LogP contribution in [0.25, 0.3) is 0 Å². The molecule has 1 unspecified atom stereocenters. The SMILES string of the molecule is Cc1cc(Cl)nc(Cl)c1NC(C)c1ccc(F)cc1F. The average Bonchev–Trinajstić information content (AvgIpc) is 2.33. The molecule has 2 nitrogen and oxygen atoms in total. The largest absolute Gasteiger partial charge is 0.376 e. The minimum atomic E-state index is -0.610. The molecule has 0 amide bonds. The number of rotatable bonds is 3. The fourth-order valence-electron chi connectivity index (χ4n) is 1.92. The lowest BCUT2D eigenvalue weighted by Gasteiger charge is -2.19. The summed E-state index contributed by atoms with van der Waals surface area (Å²) in [6.07, 6.45) is 0. The van der Waals surface area contributed by atoms with Gasteiger partial charge in [-0.1, -0.05) is 29.3 Å². The minimum absolute atomic E-state index is 0.212. The van der Waals surface area contributed by atoms with Gasteiger partial charge >= 0.3 is 0 Å². The van der Waals surface area contributed by atoms with E-state index in [2.05, 4.69) is 10.3 Å². The number of pyridine rings is 1. The van der Waals surface area contributed by atoms with Gasteiger partial charge < -0.3 is 5.32 Å². The molecule has 1 atom stereocenters. The Kier molecular flexibility index (Phi) is 4.45. The molecule has 0 aliphatic rings. The highest BCUT2D eigenvalue weighted by Crippen LogP contribution is 2.30. The Morgan fingerprint density at radius 3 is 2.50 bits per heavy atom. The second-order valence-corrected chi connectivity index (χ2v) is 5.20. The first-order valence-electron chi connectivity index (χ1n) is 5.92. The molecule has 1 heterocycles. The van der Waals surface area contributed by atoms with Gasteiger partial charge in [-0.25, -0.2) is 13.8 Å². The molecule has 0 saturated heterocycles. The Morgan fingerprint density at radius 2 is 1.90 bits per heavy atom. The first-order valence-corrected chi connectivity index (χ1v) is 6.68. The van der Waals surface area contributed by atoms with E-state index in [9.17, 15) is 8.78 Å². The van der Waals surface area contributed by atoms with Crippen molar-refractivity contribution >= 4 is 28.9 Å². The van der Waals surface area contributed by atoms with Crippen molar-refractivity contribution in [1.82, 2.24) is 4.98 Å². The van der Waals surface area contributed by atoms with E-state index in [1.54, 1.807) is 13.0 Å². The van der Waals surface area contributed by atoms with Crippen LogP contribution < -0.4 is 5.32 Å². The predicted molar refractivity (Wildman–Crippen MR) is 77.4 cm³/mol. The number of benzene rings is 1. The Bertz CT molecular complexity index is 624. The quantitative estimate of drug-likeness (QED) is 0.792. The maximum absolute atomic E-state index is 13.7. The number of nitrogens with one attached hydrogen (secondary N) is 1. The topological polar surface area (TPSA) is 24.9 Å². The van der Waals surface area contributed by atoms with E-state index in [1.165, 1.54) is 12.1 Å². The molecule has 20 heavy (non-hydrogen) atoms. The van der Waals surface area contributed by atoms with Gasteiger partial charge in [-0.15, -0.1) is 0 Å². The zero-order chi connectivity index (χ0) is 14.9. The first-order chi connectivity index (χ1) is 9.38. The number of nitrogens with zero attached hydrogens (tertiary/aromatic N) is 1. The summed E-state index contributed by atoms with van der Waals surface area (Å²) in [6, 6.07) is 4.72. The van der Waals surface area contributed by atoms with E-state index >= 15 is 0 Å². The smallest absolute Gasteiger partial charge is 0.154 e.